The van der Waals surface area contributed by atoms with Gasteiger partial charge in [0.2, 0.25) is 5.91 Å². The second-order valence-electron chi connectivity index (χ2n) is 9.70. The minimum absolute atomic E-state index is 0.0877. The number of likely N-dealkylation sites (tertiary alicyclic amines) is 1. The van der Waals surface area contributed by atoms with Crippen LogP contribution < -0.4 is 5.32 Å². The molecule has 1 saturated carbocycles. The van der Waals surface area contributed by atoms with Gasteiger partial charge in [0.1, 0.15) is 0 Å². The highest BCUT2D eigenvalue weighted by molar-refractivity contribution is 7.09. The maximum absolute atomic E-state index is 13.9. The molecule has 4 amide bonds. The first-order valence-corrected chi connectivity index (χ1v) is 13.3. The van der Waals surface area contributed by atoms with E-state index in [4.69, 9.17) is 0 Å². The SMILES string of the molecule is O=C(C1CCCCC1)N1CCC([C@@]2(c3cccnc3)NC(=O)N(CCc3cccs3)C2=O)CC1. The number of amides is 4. The van der Waals surface area contributed by atoms with Crippen LogP contribution in [0.25, 0.3) is 0 Å². The largest absolute Gasteiger partial charge is 0.342 e. The van der Waals surface area contributed by atoms with E-state index in [9.17, 15) is 14.4 Å². The molecule has 2 aliphatic heterocycles. The summed E-state index contributed by atoms with van der Waals surface area (Å²) in [5, 5.41) is 5.09. The van der Waals surface area contributed by atoms with Crippen LogP contribution in [0.5, 0.6) is 0 Å². The Morgan fingerprint density at radius 3 is 2.56 bits per heavy atom. The number of urea groups is 1. The van der Waals surface area contributed by atoms with Crippen molar-refractivity contribution >= 4 is 29.2 Å². The molecule has 0 bridgehead atoms. The maximum Gasteiger partial charge on any atom is 0.325 e. The van der Waals surface area contributed by atoms with Crippen molar-refractivity contribution in [2.24, 2.45) is 11.8 Å². The quantitative estimate of drug-likeness (QED) is 0.635. The molecule has 1 aliphatic carbocycles. The Morgan fingerprint density at radius 2 is 1.88 bits per heavy atom. The van der Waals surface area contributed by atoms with E-state index in [2.05, 4.69) is 10.3 Å². The molecule has 0 aromatic carbocycles. The predicted octanol–water partition coefficient (Wildman–Crippen LogP) is 3.95. The molecule has 180 valence electrons. The third-order valence-corrected chi connectivity index (χ3v) is 8.72. The van der Waals surface area contributed by atoms with Gasteiger partial charge in [-0.1, -0.05) is 31.4 Å². The molecule has 1 atom stereocenters. The van der Waals surface area contributed by atoms with E-state index in [0.29, 0.717) is 38.9 Å². The zero-order valence-electron chi connectivity index (χ0n) is 19.4. The molecule has 2 aromatic rings. The van der Waals surface area contributed by atoms with Crippen LogP contribution in [0.4, 0.5) is 4.79 Å². The van der Waals surface area contributed by atoms with E-state index in [1.54, 1.807) is 23.7 Å². The van der Waals surface area contributed by atoms with Gasteiger partial charge >= 0.3 is 6.03 Å². The number of aromatic nitrogens is 1. The number of rotatable bonds is 6. The molecule has 3 aliphatic rings. The van der Waals surface area contributed by atoms with Crippen molar-refractivity contribution in [3.05, 3.63) is 52.5 Å². The smallest absolute Gasteiger partial charge is 0.325 e. The van der Waals surface area contributed by atoms with Crippen molar-refractivity contribution in [2.45, 2.75) is 56.9 Å². The normalized spacial score (nSPS) is 24.5. The number of thiophene rings is 1. The lowest BCUT2D eigenvalue weighted by molar-refractivity contribution is -0.139. The number of imide groups is 1. The highest BCUT2D eigenvalue weighted by Crippen LogP contribution is 2.41. The number of piperidine rings is 1. The second-order valence-corrected chi connectivity index (χ2v) is 10.7. The summed E-state index contributed by atoms with van der Waals surface area (Å²) in [4.78, 5) is 48.8. The number of carbonyl (C=O) groups is 3. The highest BCUT2D eigenvalue weighted by Gasteiger charge is 2.57. The molecule has 0 unspecified atom stereocenters. The fraction of sp³-hybridized carbons (Fsp3) is 0.538. The summed E-state index contributed by atoms with van der Waals surface area (Å²) < 4.78 is 0. The number of pyridine rings is 1. The van der Waals surface area contributed by atoms with Crippen molar-refractivity contribution in [1.29, 1.82) is 0 Å². The van der Waals surface area contributed by atoms with Crippen LogP contribution >= 0.6 is 11.3 Å². The molecule has 5 rings (SSSR count). The molecule has 1 N–H and O–H groups in total. The molecule has 8 heteroatoms. The molecular formula is C26H32N4O3S. The summed E-state index contributed by atoms with van der Waals surface area (Å²) in [5.41, 5.74) is -0.398. The van der Waals surface area contributed by atoms with Gasteiger partial charge in [0.05, 0.1) is 0 Å². The summed E-state index contributed by atoms with van der Waals surface area (Å²) in [6.45, 7) is 1.60. The molecule has 7 nitrogen and oxygen atoms in total. The van der Waals surface area contributed by atoms with E-state index in [0.717, 1.165) is 36.1 Å². The van der Waals surface area contributed by atoms with Crippen molar-refractivity contribution in [3.63, 3.8) is 0 Å². The molecule has 34 heavy (non-hydrogen) atoms. The van der Waals surface area contributed by atoms with Crippen LogP contribution in [0.1, 0.15) is 55.4 Å². The van der Waals surface area contributed by atoms with Gasteiger partial charge in [-0.15, -0.1) is 11.3 Å². The van der Waals surface area contributed by atoms with E-state index >= 15 is 0 Å². The molecule has 2 saturated heterocycles. The summed E-state index contributed by atoms with van der Waals surface area (Å²) in [6, 6.07) is 7.36. The minimum Gasteiger partial charge on any atom is -0.342 e. The summed E-state index contributed by atoms with van der Waals surface area (Å²) >= 11 is 1.63. The zero-order chi connectivity index (χ0) is 23.5. The van der Waals surface area contributed by atoms with Gasteiger partial charge < -0.3 is 10.2 Å². The first-order chi connectivity index (χ1) is 16.6. The van der Waals surface area contributed by atoms with E-state index in [1.807, 2.05) is 34.5 Å². The molecule has 3 fully saturated rings. The van der Waals surface area contributed by atoms with Crippen LogP contribution in [0, 0.1) is 11.8 Å². The van der Waals surface area contributed by atoms with Gasteiger partial charge in [-0.25, -0.2) is 4.79 Å². The van der Waals surface area contributed by atoms with E-state index in [-0.39, 0.29) is 29.7 Å². The van der Waals surface area contributed by atoms with Gasteiger partial charge in [0, 0.05) is 48.4 Å². The van der Waals surface area contributed by atoms with Crippen molar-refractivity contribution in [1.82, 2.24) is 20.1 Å². The van der Waals surface area contributed by atoms with Crippen LogP contribution in [0.2, 0.25) is 0 Å². The maximum atomic E-state index is 13.9. The number of nitrogens with one attached hydrogen (secondary N) is 1. The third-order valence-electron chi connectivity index (χ3n) is 7.78. The van der Waals surface area contributed by atoms with Crippen LogP contribution in [0.3, 0.4) is 0 Å². The number of carbonyl (C=O) groups excluding carboxylic acids is 3. The number of hydrogen-bond acceptors (Lipinski definition) is 5. The fourth-order valence-electron chi connectivity index (χ4n) is 5.92. The Morgan fingerprint density at radius 1 is 1.09 bits per heavy atom. The zero-order valence-corrected chi connectivity index (χ0v) is 20.3. The second kappa shape index (κ2) is 9.86. The first kappa shape index (κ1) is 23.0. The first-order valence-electron chi connectivity index (χ1n) is 12.5. The molecule has 2 aromatic heterocycles. The number of hydrogen-bond donors (Lipinski definition) is 1. The van der Waals surface area contributed by atoms with Crippen molar-refractivity contribution < 1.29 is 14.4 Å². The number of nitrogens with zero attached hydrogens (tertiary/aromatic N) is 3. The average molecular weight is 481 g/mol. The third kappa shape index (κ3) is 4.24. The van der Waals surface area contributed by atoms with Crippen molar-refractivity contribution in [3.8, 4) is 0 Å². The van der Waals surface area contributed by atoms with Gasteiger partial charge in [-0.05, 0) is 55.5 Å². The van der Waals surface area contributed by atoms with Crippen LogP contribution in [0.15, 0.2) is 42.0 Å². The van der Waals surface area contributed by atoms with Crippen molar-refractivity contribution in [2.75, 3.05) is 19.6 Å². The molecular weight excluding hydrogens is 448 g/mol. The monoisotopic (exact) mass is 480 g/mol. The highest BCUT2D eigenvalue weighted by atomic mass is 32.1. The minimum atomic E-state index is -1.12. The van der Waals surface area contributed by atoms with E-state index < -0.39 is 5.54 Å². The Labute approximate surface area is 204 Å². The predicted molar refractivity (Wildman–Crippen MR) is 130 cm³/mol. The van der Waals surface area contributed by atoms with Gasteiger partial charge in [-0.2, -0.15) is 0 Å². The summed E-state index contributed by atoms with van der Waals surface area (Å²) in [7, 11) is 0. The van der Waals surface area contributed by atoms with Gasteiger partial charge in [0.15, 0.2) is 5.54 Å². The van der Waals surface area contributed by atoms with Gasteiger partial charge in [-0.3, -0.25) is 19.5 Å². The lowest BCUT2D eigenvalue weighted by Crippen LogP contribution is -2.54. The summed E-state index contributed by atoms with van der Waals surface area (Å²) in [6.07, 6.45) is 10.9. The molecule has 0 spiro atoms. The summed E-state index contributed by atoms with van der Waals surface area (Å²) in [5.74, 6) is 0.139. The Balaban J connectivity index is 1.34. The lowest BCUT2D eigenvalue weighted by Gasteiger charge is -2.42. The van der Waals surface area contributed by atoms with Crippen LogP contribution in [-0.2, 0) is 21.5 Å². The standard InChI is InChI=1S/C26H32N4O3S/c31-23(19-6-2-1-3-7-19)29-14-10-20(11-15-29)26(21-8-4-13-27-18-21)24(32)30(25(33)28-26)16-12-22-9-5-17-34-22/h4-5,8-9,13,17-20H,1-3,6-7,10-12,14-16H2,(H,28,33)/t26-/m0/s1. The lowest BCUT2D eigenvalue weighted by atomic mass is 9.73. The average Bonchev–Trinajstić information content (AvgIpc) is 3.50. The van der Waals surface area contributed by atoms with Crippen LogP contribution in [-0.4, -0.2) is 52.3 Å². The molecule has 0 radical (unpaired) electrons. The topological polar surface area (TPSA) is 82.6 Å². The van der Waals surface area contributed by atoms with Gasteiger partial charge in [0.25, 0.3) is 5.91 Å². The Bertz CT molecular complexity index is 1010. The van der Waals surface area contributed by atoms with E-state index in [1.165, 1.54) is 11.3 Å². The molecule has 4 heterocycles. The Kier molecular flexibility index (Phi) is 6.68. The fourth-order valence-corrected chi connectivity index (χ4v) is 6.62. The Hall–Kier alpha value is -2.74.